The summed E-state index contributed by atoms with van der Waals surface area (Å²) in [5.74, 6) is 0.745. The molecule has 0 radical (unpaired) electrons. The van der Waals surface area contributed by atoms with E-state index in [1.165, 1.54) is 11.3 Å². The van der Waals surface area contributed by atoms with Crippen LogP contribution in [0.25, 0.3) is 10.4 Å². The molecule has 1 aliphatic rings. The first-order valence-electron chi connectivity index (χ1n) is 8.73. The number of hydrogen-bond donors (Lipinski definition) is 3. The van der Waals surface area contributed by atoms with Gasteiger partial charge in [-0.15, -0.1) is 11.3 Å². The van der Waals surface area contributed by atoms with Crippen molar-refractivity contribution in [1.29, 1.82) is 0 Å². The van der Waals surface area contributed by atoms with Crippen molar-refractivity contribution >= 4 is 21.4 Å². The first kappa shape index (κ1) is 19.3. The van der Waals surface area contributed by atoms with Crippen molar-refractivity contribution in [1.82, 2.24) is 4.72 Å². The smallest absolute Gasteiger partial charge is 0.250 e. The van der Waals surface area contributed by atoms with Crippen molar-refractivity contribution in [2.75, 3.05) is 13.1 Å². The second-order valence-electron chi connectivity index (χ2n) is 6.35. The fourth-order valence-electron chi connectivity index (χ4n) is 2.99. The van der Waals surface area contributed by atoms with Gasteiger partial charge in [-0.05, 0) is 49.9 Å². The molecule has 1 fully saturated rings. The maximum absolute atomic E-state index is 12.3. The minimum absolute atomic E-state index is 0.0777. The van der Waals surface area contributed by atoms with Gasteiger partial charge in [-0.2, -0.15) is 0 Å². The molecule has 0 aliphatic heterocycles. The molecule has 6 nitrogen and oxygen atoms in total. The summed E-state index contributed by atoms with van der Waals surface area (Å²) in [7, 11) is -3.54. The van der Waals surface area contributed by atoms with E-state index in [-0.39, 0.29) is 29.5 Å². The zero-order valence-electron chi connectivity index (χ0n) is 14.4. The predicted octanol–water partition coefficient (Wildman–Crippen LogP) is 2.33. The molecule has 1 aromatic carbocycles. The minimum Gasteiger partial charge on any atom is -0.490 e. The normalized spacial score (nSPS) is 20.8. The zero-order valence-corrected chi connectivity index (χ0v) is 16.1. The Morgan fingerprint density at radius 3 is 2.62 bits per heavy atom. The summed E-state index contributed by atoms with van der Waals surface area (Å²) < 4.78 is 33.4. The SMILES string of the molecule is NCCNS(=O)(=O)c1ccc(-c2ccccc2O[C@H]2CC[C@@H](O)CC2)s1. The van der Waals surface area contributed by atoms with Gasteiger partial charge in [-0.3, -0.25) is 0 Å². The number of ether oxygens (including phenoxy) is 1. The number of nitrogens with two attached hydrogens (primary N) is 1. The number of hydrogen-bond acceptors (Lipinski definition) is 6. The van der Waals surface area contributed by atoms with Gasteiger partial charge < -0.3 is 15.6 Å². The van der Waals surface area contributed by atoms with Crippen LogP contribution in [0.2, 0.25) is 0 Å². The van der Waals surface area contributed by atoms with Crippen LogP contribution < -0.4 is 15.2 Å². The number of benzene rings is 1. The fraction of sp³-hybridized carbons (Fsp3) is 0.444. The van der Waals surface area contributed by atoms with Gasteiger partial charge in [0.05, 0.1) is 12.2 Å². The maximum Gasteiger partial charge on any atom is 0.250 e. The number of nitrogens with one attached hydrogen (secondary N) is 1. The van der Waals surface area contributed by atoms with Crippen LogP contribution in [-0.2, 0) is 10.0 Å². The van der Waals surface area contributed by atoms with Crippen molar-refractivity contribution in [3.63, 3.8) is 0 Å². The zero-order chi connectivity index (χ0) is 18.6. The number of aliphatic hydroxyl groups is 1. The van der Waals surface area contributed by atoms with Crippen molar-refractivity contribution < 1.29 is 18.3 Å². The van der Waals surface area contributed by atoms with Gasteiger partial charge in [0, 0.05) is 23.5 Å². The van der Waals surface area contributed by atoms with E-state index in [0.29, 0.717) is 0 Å². The van der Waals surface area contributed by atoms with Crippen LogP contribution in [0.15, 0.2) is 40.6 Å². The molecule has 0 spiro atoms. The summed E-state index contributed by atoms with van der Waals surface area (Å²) in [6.45, 7) is 0.465. The Morgan fingerprint density at radius 1 is 1.15 bits per heavy atom. The molecule has 142 valence electrons. The molecule has 1 saturated carbocycles. The van der Waals surface area contributed by atoms with Crippen LogP contribution in [0, 0.1) is 0 Å². The molecule has 2 aromatic rings. The standard InChI is InChI=1S/C18H24N2O4S2/c19-11-12-20-26(22,23)18-10-9-17(25-18)15-3-1-2-4-16(15)24-14-7-5-13(21)6-8-14/h1-4,9-10,13-14,20-21H,5-8,11-12,19H2/t13-,14+. The van der Waals surface area contributed by atoms with E-state index in [2.05, 4.69) is 4.72 Å². The van der Waals surface area contributed by atoms with Crippen LogP contribution in [0.1, 0.15) is 25.7 Å². The Balaban J connectivity index is 1.80. The number of thiophene rings is 1. The second kappa shape index (κ2) is 8.49. The number of rotatable bonds is 7. The summed E-state index contributed by atoms with van der Waals surface area (Å²) in [6, 6.07) is 11.1. The van der Waals surface area contributed by atoms with E-state index >= 15 is 0 Å². The van der Waals surface area contributed by atoms with Crippen LogP contribution in [-0.4, -0.2) is 38.8 Å². The average molecular weight is 397 g/mol. The highest BCUT2D eigenvalue weighted by Gasteiger charge is 2.22. The van der Waals surface area contributed by atoms with Crippen molar-refractivity contribution in [3.8, 4) is 16.2 Å². The molecule has 26 heavy (non-hydrogen) atoms. The van der Waals surface area contributed by atoms with E-state index in [9.17, 15) is 13.5 Å². The highest BCUT2D eigenvalue weighted by molar-refractivity contribution is 7.91. The van der Waals surface area contributed by atoms with Crippen LogP contribution in [0.5, 0.6) is 5.75 Å². The quantitative estimate of drug-likeness (QED) is 0.667. The highest BCUT2D eigenvalue weighted by atomic mass is 32.2. The number of sulfonamides is 1. The lowest BCUT2D eigenvalue weighted by Crippen LogP contribution is -2.28. The van der Waals surface area contributed by atoms with Gasteiger partial charge in [0.25, 0.3) is 0 Å². The molecule has 0 amide bonds. The van der Waals surface area contributed by atoms with Crippen LogP contribution >= 0.6 is 11.3 Å². The highest BCUT2D eigenvalue weighted by Crippen LogP contribution is 2.37. The fourth-order valence-corrected chi connectivity index (χ4v) is 5.42. The molecular weight excluding hydrogens is 372 g/mol. The van der Waals surface area contributed by atoms with E-state index in [4.69, 9.17) is 10.5 Å². The first-order chi connectivity index (χ1) is 12.5. The van der Waals surface area contributed by atoms with Gasteiger partial charge in [0.1, 0.15) is 9.96 Å². The Hall–Kier alpha value is -1.45. The lowest BCUT2D eigenvalue weighted by atomic mass is 9.95. The summed E-state index contributed by atoms with van der Waals surface area (Å²) in [6.07, 6.45) is 3.00. The lowest BCUT2D eigenvalue weighted by molar-refractivity contribution is 0.0669. The molecule has 0 bridgehead atoms. The molecule has 1 heterocycles. The van der Waals surface area contributed by atoms with E-state index in [1.54, 1.807) is 12.1 Å². The summed E-state index contributed by atoms with van der Waals surface area (Å²) in [4.78, 5) is 0.838. The predicted molar refractivity (Wildman–Crippen MR) is 103 cm³/mol. The van der Waals surface area contributed by atoms with E-state index in [0.717, 1.165) is 41.9 Å². The molecule has 1 aliphatic carbocycles. The minimum atomic E-state index is -3.54. The Bertz CT molecular complexity index is 827. The van der Waals surface area contributed by atoms with Gasteiger partial charge in [0.15, 0.2) is 0 Å². The van der Waals surface area contributed by atoms with Crippen molar-refractivity contribution in [2.24, 2.45) is 5.73 Å². The van der Waals surface area contributed by atoms with Gasteiger partial charge in [0.2, 0.25) is 10.0 Å². The molecule has 0 saturated heterocycles. The van der Waals surface area contributed by atoms with Gasteiger partial charge in [-0.25, -0.2) is 13.1 Å². The third-order valence-corrected chi connectivity index (χ3v) is 7.44. The third kappa shape index (κ3) is 4.63. The van der Waals surface area contributed by atoms with Crippen LogP contribution in [0.4, 0.5) is 0 Å². The summed E-state index contributed by atoms with van der Waals surface area (Å²) >= 11 is 1.21. The number of aliphatic hydroxyl groups excluding tert-OH is 1. The Morgan fingerprint density at radius 2 is 1.88 bits per heavy atom. The van der Waals surface area contributed by atoms with Crippen molar-refractivity contribution in [2.45, 2.75) is 42.1 Å². The monoisotopic (exact) mass is 396 g/mol. The van der Waals surface area contributed by atoms with Gasteiger partial charge in [-0.1, -0.05) is 12.1 Å². The van der Waals surface area contributed by atoms with E-state index < -0.39 is 10.0 Å². The Kier molecular flexibility index (Phi) is 6.31. The molecule has 8 heteroatoms. The molecule has 1 aromatic heterocycles. The molecule has 0 atom stereocenters. The summed E-state index contributed by atoms with van der Waals surface area (Å²) in [5, 5.41) is 9.64. The third-order valence-electron chi connectivity index (χ3n) is 4.37. The number of para-hydroxylation sites is 1. The summed E-state index contributed by atoms with van der Waals surface area (Å²) in [5.41, 5.74) is 6.25. The molecule has 4 N–H and O–H groups in total. The molecule has 0 unspecified atom stereocenters. The maximum atomic E-state index is 12.3. The van der Waals surface area contributed by atoms with E-state index in [1.807, 2.05) is 24.3 Å². The Labute approximate surface area is 158 Å². The molecular formula is C18H24N2O4S2. The van der Waals surface area contributed by atoms with Crippen molar-refractivity contribution in [3.05, 3.63) is 36.4 Å². The average Bonchev–Trinajstić information content (AvgIpc) is 3.13. The van der Waals surface area contributed by atoms with Crippen LogP contribution in [0.3, 0.4) is 0 Å². The molecule has 3 rings (SSSR count). The van der Waals surface area contributed by atoms with Gasteiger partial charge >= 0.3 is 0 Å². The second-order valence-corrected chi connectivity index (χ2v) is 9.43. The lowest BCUT2D eigenvalue weighted by Gasteiger charge is -2.27. The topological polar surface area (TPSA) is 102 Å². The largest absolute Gasteiger partial charge is 0.490 e. The first-order valence-corrected chi connectivity index (χ1v) is 11.0.